The Labute approximate surface area is 233 Å². The number of unbranched alkanes of at least 4 members (excludes halogenated alkanes) is 2. The van der Waals surface area contributed by atoms with E-state index in [1.54, 1.807) is 24.3 Å². The first-order valence-corrected chi connectivity index (χ1v) is 14.2. The van der Waals surface area contributed by atoms with Crippen molar-refractivity contribution in [2.75, 3.05) is 49.1 Å². The van der Waals surface area contributed by atoms with Crippen LogP contribution in [-0.2, 0) is 14.8 Å². The number of hydrogen-bond acceptors (Lipinski definition) is 10. The van der Waals surface area contributed by atoms with Crippen molar-refractivity contribution in [3.8, 4) is 17.2 Å². The van der Waals surface area contributed by atoms with Crippen molar-refractivity contribution >= 4 is 56.7 Å². The van der Waals surface area contributed by atoms with Crippen LogP contribution in [0.25, 0.3) is 0 Å². The van der Waals surface area contributed by atoms with Crippen LogP contribution in [0.4, 0.5) is 28.8 Å². The number of nitrogens with zero attached hydrogens (tertiary/aromatic N) is 3. The van der Waals surface area contributed by atoms with Gasteiger partial charge in [-0.25, -0.2) is 13.4 Å². The summed E-state index contributed by atoms with van der Waals surface area (Å²) >= 11 is 6.42. The summed E-state index contributed by atoms with van der Waals surface area (Å²) in [4.78, 5) is 19.5. The van der Waals surface area contributed by atoms with E-state index in [4.69, 9.17) is 25.8 Å². The minimum Gasteiger partial charge on any atom is -0.493 e. The molecular weight excluding hydrogens is 546 g/mol. The quantitative estimate of drug-likeness (QED) is 0.197. The second kappa shape index (κ2) is 13.3. The van der Waals surface area contributed by atoms with Gasteiger partial charge in [-0.05, 0) is 37.5 Å². The normalized spacial score (nSPS) is 11.0. The highest BCUT2D eigenvalue weighted by Crippen LogP contribution is 2.40. The predicted octanol–water partition coefficient (Wildman–Crippen LogP) is 5.09. The van der Waals surface area contributed by atoms with Crippen molar-refractivity contribution in [3.63, 3.8) is 0 Å². The van der Waals surface area contributed by atoms with Crippen molar-refractivity contribution in [2.45, 2.75) is 26.2 Å². The summed E-state index contributed by atoms with van der Waals surface area (Å²) in [5.41, 5.74) is 2.38. The van der Waals surface area contributed by atoms with Gasteiger partial charge in [-0.15, -0.1) is 0 Å². The van der Waals surface area contributed by atoms with Gasteiger partial charge in [0.15, 0.2) is 17.3 Å². The number of anilines is 5. The van der Waals surface area contributed by atoms with Crippen LogP contribution >= 0.6 is 11.6 Å². The molecule has 2 N–H and O–H groups in total. The number of sulfonamides is 1. The SMILES string of the molecule is COc1cc(Nc2ncc(Cl)c(Nc3ccc(C)cc3N(CCCCC=O)S(C)(=O)=O)n2)cc(OC)c1OC. The Bertz CT molecular complexity index is 1390. The van der Waals surface area contributed by atoms with Crippen molar-refractivity contribution < 1.29 is 27.4 Å². The Hall–Kier alpha value is -3.77. The fourth-order valence-corrected chi connectivity index (χ4v) is 4.93. The summed E-state index contributed by atoms with van der Waals surface area (Å²) in [5.74, 6) is 1.83. The van der Waals surface area contributed by atoms with Crippen molar-refractivity contribution in [3.05, 3.63) is 47.1 Å². The third kappa shape index (κ3) is 7.64. The van der Waals surface area contributed by atoms with E-state index in [-0.39, 0.29) is 23.3 Å². The number of aryl methyl sites for hydroxylation is 1. The number of nitrogens with one attached hydrogen (secondary N) is 2. The van der Waals surface area contributed by atoms with Gasteiger partial charge in [0.2, 0.25) is 21.7 Å². The van der Waals surface area contributed by atoms with E-state index >= 15 is 0 Å². The number of ether oxygens (including phenoxy) is 3. The van der Waals surface area contributed by atoms with Crippen LogP contribution in [0.1, 0.15) is 24.8 Å². The molecule has 0 aliphatic heterocycles. The Morgan fingerprint density at radius 1 is 1.03 bits per heavy atom. The number of methoxy groups -OCH3 is 3. The molecular formula is C26H32ClN5O6S. The Kier molecular flexibility index (Phi) is 10.2. The fourth-order valence-electron chi connectivity index (χ4n) is 3.83. The van der Waals surface area contributed by atoms with Gasteiger partial charge >= 0.3 is 0 Å². The lowest BCUT2D eigenvalue weighted by molar-refractivity contribution is -0.107. The second-order valence-electron chi connectivity index (χ2n) is 8.57. The molecule has 0 spiro atoms. The van der Waals surface area contributed by atoms with Gasteiger partial charge in [0.05, 0.1) is 45.2 Å². The molecule has 13 heteroatoms. The number of benzene rings is 2. The first kappa shape index (κ1) is 29.8. The van der Waals surface area contributed by atoms with Gasteiger partial charge in [-0.3, -0.25) is 4.31 Å². The topological polar surface area (TPSA) is 132 Å². The van der Waals surface area contributed by atoms with E-state index in [1.807, 2.05) is 13.0 Å². The fraction of sp³-hybridized carbons (Fsp3) is 0.346. The van der Waals surface area contributed by atoms with Crippen LogP contribution in [0.15, 0.2) is 36.5 Å². The molecule has 0 saturated carbocycles. The molecule has 1 aromatic heterocycles. The molecule has 1 heterocycles. The number of aldehydes is 1. The molecule has 3 aromatic rings. The molecule has 11 nitrogen and oxygen atoms in total. The summed E-state index contributed by atoms with van der Waals surface area (Å²) in [5, 5.41) is 6.48. The molecule has 0 atom stereocenters. The highest BCUT2D eigenvalue weighted by atomic mass is 35.5. The Morgan fingerprint density at radius 3 is 2.31 bits per heavy atom. The highest BCUT2D eigenvalue weighted by molar-refractivity contribution is 7.92. The summed E-state index contributed by atoms with van der Waals surface area (Å²) < 4.78 is 42.9. The standard InChI is InChI=1S/C26H32ClN5O6S/c1-17-9-10-20(21(13-17)32(39(5,34)35)11-7-6-8-12-33)30-25-19(27)16-28-26(31-25)29-18-14-22(36-2)24(38-4)23(15-18)37-3/h9-10,12-16H,6-8,11H2,1-5H3,(H2,28,29,30,31). The van der Waals surface area contributed by atoms with E-state index < -0.39 is 10.0 Å². The number of carbonyl (C=O) groups is 1. The van der Waals surface area contributed by atoms with Gasteiger partial charge in [-0.2, -0.15) is 4.98 Å². The number of aromatic nitrogens is 2. The van der Waals surface area contributed by atoms with Crippen LogP contribution in [0.3, 0.4) is 0 Å². The number of hydrogen-bond donors (Lipinski definition) is 2. The molecule has 0 fully saturated rings. The zero-order valence-electron chi connectivity index (χ0n) is 22.4. The third-order valence-corrected chi connectivity index (χ3v) is 7.13. The highest BCUT2D eigenvalue weighted by Gasteiger charge is 2.22. The zero-order chi connectivity index (χ0) is 28.6. The molecule has 0 radical (unpaired) electrons. The molecule has 0 aliphatic rings. The average molecular weight is 578 g/mol. The van der Waals surface area contributed by atoms with Crippen LogP contribution < -0.4 is 29.1 Å². The minimum atomic E-state index is -3.62. The molecule has 3 rings (SSSR count). The molecule has 39 heavy (non-hydrogen) atoms. The summed E-state index contributed by atoms with van der Waals surface area (Å²) in [6, 6.07) is 8.80. The number of rotatable bonds is 14. The largest absolute Gasteiger partial charge is 0.493 e. The molecule has 0 bridgehead atoms. The van der Waals surface area contributed by atoms with E-state index in [9.17, 15) is 13.2 Å². The minimum absolute atomic E-state index is 0.219. The van der Waals surface area contributed by atoms with E-state index in [1.165, 1.54) is 31.8 Å². The Balaban J connectivity index is 1.95. The number of carbonyl (C=O) groups excluding carboxylic acids is 1. The summed E-state index contributed by atoms with van der Waals surface area (Å²) in [6.45, 7) is 2.09. The Morgan fingerprint density at radius 2 is 1.72 bits per heavy atom. The first-order chi connectivity index (χ1) is 18.6. The maximum Gasteiger partial charge on any atom is 0.232 e. The monoisotopic (exact) mass is 577 g/mol. The van der Waals surface area contributed by atoms with Gasteiger partial charge in [0.25, 0.3) is 0 Å². The van der Waals surface area contributed by atoms with E-state index in [0.29, 0.717) is 53.6 Å². The van der Waals surface area contributed by atoms with Crippen molar-refractivity contribution in [1.29, 1.82) is 0 Å². The van der Waals surface area contributed by atoms with E-state index in [0.717, 1.165) is 18.1 Å². The van der Waals surface area contributed by atoms with Crippen LogP contribution in [0.5, 0.6) is 17.2 Å². The van der Waals surface area contributed by atoms with Gasteiger partial charge < -0.3 is 29.6 Å². The van der Waals surface area contributed by atoms with Crippen molar-refractivity contribution in [2.24, 2.45) is 0 Å². The second-order valence-corrected chi connectivity index (χ2v) is 10.9. The molecule has 0 aliphatic carbocycles. The molecule has 0 unspecified atom stereocenters. The van der Waals surface area contributed by atoms with E-state index in [2.05, 4.69) is 20.6 Å². The first-order valence-electron chi connectivity index (χ1n) is 12.0. The van der Waals surface area contributed by atoms with Gasteiger partial charge in [0.1, 0.15) is 11.3 Å². The van der Waals surface area contributed by atoms with Gasteiger partial charge in [-0.1, -0.05) is 17.7 Å². The lowest BCUT2D eigenvalue weighted by atomic mass is 10.1. The molecule has 0 saturated heterocycles. The maximum absolute atomic E-state index is 12.7. The lowest BCUT2D eigenvalue weighted by Gasteiger charge is -2.26. The lowest BCUT2D eigenvalue weighted by Crippen LogP contribution is -2.31. The summed E-state index contributed by atoms with van der Waals surface area (Å²) in [6.07, 6.45) is 4.88. The van der Waals surface area contributed by atoms with Crippen LogP contribution in [0, 0.1) is 6.92 Å². The van der Waals surface area contributed by atoms with Crippen LogP contribution in [0.2, 0.25) is 5.02 Å². The molecule has 2 aromatic carbocycles. The van der Waals surface area contributed by atoms with Gasteiger partial charge in [0, 0.05) is 30.8 Å². The molecule has 0 amide bonds. The third-order valence-electron chi connectivity index (χ3n) is 5.67. The summed E-state index contributed by atoms with van der Waals surface area (Å²) in [7, 11) is 0.929. The zero-order valence-corrected chi connectivity index (χ0v) is 24.0. The average Bonchev–Trinajstić information content (AvgIpc) is 2.90. The predicted molar refractivity (Wildman–Crippen MR) is 153 cm³/mol. The number of halogens is 1. The van der Waals surface area contributed by atoms with Crippen molar-refractivity contribution in [1.82, 2.24) is 9.97 Å². The molecule has 210 valence electrons. The smallest absolute Gasteiger partial charge is 0.232 e. The van der Waals surface area contributed by atoms with Crippen LogP contribution in [-0.4, -0.2) is 58.8 Å². The maximum atomic E-state index is 12.7.